The van der Waals surface area contributed by atoms with Crippen LogP contribution in [0.4, 0.5) is 23.0 Å². The van der Waals surface area contributed by atoms with Crippen molar-refractivity contribution in [1.82, 2.24) is 14.5 Å². The summed E-state index contributed by atoms with van der Waals surface area (Å²) >= 11 is 6.54. The van der Waals surface area contributed by atoms with Gasteiger partial charge in [-0.05, 0) is 32.4 Å². The fraction of sp³-hybridized carbons (Fsp3) is 0.308. The zero-order chi connectivity index (χ0) is 24.9. The number of rotatable bonds is 5. The van der Waals surface area contributed by atoms with Crippen LogP contribution in [0.25, 0.3) is 22.2 Å². The normalized spacial score (nSPS) is 17.2. The van der Waals surface area contributed by atoms with Crippen LogP contribution >= 0.6 is 11.6 Å². The molecule has 2 aromatic heterocycles. The highest BCUT2D eigenvalue weighted by Gasteiger charge is 2.40. The first kappa shape index (κ1) is 23.3. The van der Waals surface area contributed by atoms with Crippen LogP contribution in [0.2, 0.25) is 5.02 Å². The molecule has 5 N–H and O–H groups in total. The molecule has 0 aliphatic carbocycles. The van der Waals surface area contributed by atoms with Gasteiger partial charge in [-0.15, -0.1) is 0 Å². The Morgan fingerprint density at radius 2 is 2.00 bits per heavy atom. The van der Waals surface area contributed by atoms with Crippen LogP contribution in [0, 0.1) is 0 Å². The van der Waals surface area contributed by atoms with Gasteiger partial charge >= 0.3 is 0 Å². The van der Waals surface area contributed by atoms with Crippen LogP contribution in [0.3, 0.4) is 0 Å². The van der Waals surface area contributed by atoms with E-state index in [1.54, 1.807) is 13.3 Å². The highest BCUT2D eigenvalue weighted by molar-refractivity contribution is 6.33. The Morgan fingerprint density at radius 3 is 2.71 bits per heavy atom. The summed E-state index contributed by atoms with van der Waals surface area (Å²) in [5.74, 6) is 1.03. The molecule has 0 spiro atoms. The first-order chi connectivity index (χ1) is 16.7. The van der Waals surface area contributed by atoms with Gasteiger partial charge in [0.25, 0.3) is 0 Å². The molecule has 1 saturated heterocycles. The van der Waals surface area contributed by atoms with Gasteiger partial charge in [0.1, 0.15) is 5.75 Å². The molecule has 1 aliphatic rings. The molecular formula is C26H30ClN7O. The molecule has 1 atom stereocenters. The standard InChI is InChI=1S/C26H30ClN7O/c1-26(2)23(29)9-10-34(26)21-12-22(35-4)19(11-18(21)28)31-25-30-13-17(27)24(32-25)16-14-33(3)20-8-6-5-7-15(16)20/h5-8,11-14,23H,9-10,28-29H2,1-4H3,(H,30,31,32)/t23-/m1/s1. The lowest BCUT2D eigenvalue weighted by Crippen LogP contribution is -2.49. The largest absolute Gasteiger partial charge is 0.494 e. The van der Waals surface area contributed by atoms with Crippen LogP contribution < -0.4 is 26.4 Å². The van der Waals surface area contributed by atoms with E-state index in [4.69, 9.17) is 32.8 Å². The molecule has 1 aliphatic heterocycles. The smallest absolute Gasteiger partial charge is 0.227 e. The van der Waals surface area contributed by atoms with Gasteiger partial charge in [0.2, 0.25) is 5.95 Å². The lowest BCUT2D eigenvalue weighted by atomic mass is 9.96. The van der Waals surface area contributed by atoms with Crippen LogP contribution in [-0.2, 0) is 7.05 Å². The van der Waals surface area contributed by atoms with E-state index in [1.165, 1.54) is 0 Å². The van der Waals surface area contributed by atoms with E-state index in [2.05, 4.69) is 45.7 Å². The Labute approximate surface area is 209 Å². The van der Waals surface area contributed by atoms with Gasteiger partial charge in [-0.25, -0.2) is 9.97 Å². The van der Waals surface area contributed by atoms with E-state index in [0.717, 1.165) is 35.1 Å². The third kappa shape index (κ3) is 3.92. The number of para-hydroxylation sites is 1. The van der Waals surface area contributed by atoms with Gasteiger partial charge in [0.15, 0.2) is 0 Å². The van der Waals surface area contributed by atoms with E-state index in [9.17, 15) is 0 Å². The minimum absolute atomic E-state index is 0.0700. The second-order valence-electron chi connectivity index (χ2n) is 9.50. The monoisotopic (exact) mass is 491 g/mol. The summed E-state index contributed by atoms with van der Waals surface area (Å²) in [7, 11) is 3.63. The topological polar surface area (TPSA) is 107 Å². The van der Waals surface area contributed by atoms with Crippen molar-refractivity contribution < 1.29 is 4.74 Å². The van der Waals surface area contributed by atoms with E-state index in [1.807, 2.05) is 37.5 Å². The molecule has 0 unspecified atom stereocenters. The molecule has 35 heavy (non-hydrogen) atoms. The van der Waals surface area contributed by atoms with E-state index in [-0.39, 0.29) is 11.6 Å². The Bertz CT molecular complexity index is 1410. The van der Waals surface area contributed by atoms with Crippen molar-refractivity contribution in [2.45, 2.75) is 31.8 Å². The minimum atomic E-state index is -0.208. The number of nitrogen functional groups attached to an aromatic ring is 1. The number of anilines is 4. The summed E-state index contributed by atoms with van der Waals surface area (Å²) in [6.45, 7) is 5.11. The fourth-order valence-electron chi connectivity index (χ4n) is 4.89. The van der Waals surface area contributed by atoms with Crippen molar-refractivity contribution in [3.8, 4) is 17.0 Å². The molecule has 0 radical (unpaired) electrons. The maximum atomic E-state index is 6.54. The molecule has 0 saturated carbocycles. The summed E-state index contributed by atoms with van der Waals surface area (Å²) in [5, 5.41) is 4.81. The van der Waals surface area contributed by atoms with E-state index >= 15 is 0 Å². The van der Waals surface area contributed by atoms with Crippen molar-refractivity contribution in [1.29, 1.82) is 0 Å². The first-order valence-corrected chi connectivity index (χ1v) is 11.9. The highest BCUT2D eigenvalue weighted by atomic mass is 35.5. The molecule has 4 aromatic rings. The predicted molar refractivity (Wildman–Crippen MR) is 144 cm³/mol. The molecule has 0 bridgehead atoms. The molecule has 2 aromatic carbocycles. The van der Waals surface area contributed by atoms with Gasteiger partial charge in [-0.1, -0.05) is 29.8 Å². The Morgan fingerprint density at radius 1 is 1.23 bits per heavy atom. The highest BCUT2D eigenvalue weighted by Crippen LogP contribution is 2.42. The van der Waals surface area contributed by atoms with Crippen molar-refractivity contribution in [3.63, 3.8) is 0 Å². The second-order valence-corrected chi connectivity index (χ2v) is 9.90. The van der Waals surface area contributed by atoms with E-state index < -0.39 is 0 Å². The van der Waals surface area contributed by atoms with Gasteiger partial charge in [-0.3, -0.25) is 0 Å². The number of aryl methyl sites for hydroxylation is 1. The van der Waals surface area contributed by atoms with Gasteiger partial charge in [-0.2, -0.15) is 0 Å². The summed E-state index contributed by atoms with van der Waals surface area (Å²) in [4.78, 5) is 11.4. The maximum absolute atomic E-state index is 6.54. The van der Waals surface area contributed by atoms with Crippen molar-refractivity contribution >= 4 is 45.5 Å². The molecular weight excluding hydrogens is 462 g/mol. The molecule has 182 valence electrons. The molecule has 1 fully saturated rings. The average molecular weight is 492 g/mol. The number of fused-ring (bicyclic) bond motifs is 1. The fourth-order valence-corrected chi connectivity index (χ4v) is 5.09. The lowest BCUT2D eigenvalue weighted by Gasteiger charge is -2.37. The number of methoxy groups -OCH3 is 1. The quantitative estimate of drug-likeness (QED) is 0.339. The Balaban J connectivity index is 1.52. The van der Waals surface area contributed by atoms with Crippen LogP contribution in [-0.4, -0.2) is 39.8 Å². The maximum Gasteiger partial charge on any atom is 0.227 e. The number of nitrogens with two attached hydrogens (primary N) is 2. The number of nitrogens with zero attached hydrogens (tertiary/aromatic N) is 4. The summed E-state index contributed by atoms with van der Waals surface area (Å²) in [6, 6.07) is 12.0. The first-order valence-electron chi connectivity index (χ1n) is 11.6. The van der Waals surface area contributed by atoms with Crippen LogP contribution in [0.5, 0.6) is 5.75 Å². The van der Waals surface area contributed by atoms with E-state index in [0.29, 0.717) is 33.8 Å². The average Bonchev–Trinajstić information content (AvgIpc) is 3.31. The Hall–Kier alpha value is -3.49. The van der Waals surface area contributed by atoms with Crippen LogP contribution in [0.1, 0.15) is 20.3 Å². The Kier molecular flexibility index (Phi) is 5.73. The zero-order valence-corrected chi connectivity index (χ0v) is 21.1. The molecule has 5 rings (SSSR count). The number of halogens is 1. The summed E-state index contributed by atoms with van der Waals surface area (Å²) in [6.07, 6.45) is 4.54. The minimum Gasteiger partial charge on any atom is -0.494 e. The number of aromatic nitrogens is 3. The number of hydrogen-bond acceptors (Lipinski definition) is 7. The molecule has 9 heteroatoms. The molecule has 3 heterocycles. The van der Waals surface area contributed by atoms with Gasteiger partial charge in [0.05, 0.1) is 41.1 Å². The lowest BCUT2D eigenvalue weighted by molar-refractivity contribution is 0.415. The number of nitrogens with one attached hydrogen (secondary N) is 1. The number of ether oxygens (including phenoxy) is 1. The van der Waals surface area contributed by atoms with Crippen LogP contribution in [0.15, 0.2) is 48.8 Å². The zero-order valence-electron chi connectivity index (χ0n) is 20.3. The molecule has 8 nitrogen and oxygen atoms in total. The second kappa shape index (κ2) is 8.62. The van der Waals surface area contributed by atoms with Crippen molar-refractivity contribution in [2.75, 3.05) is 29.6 Å². The summed E-state index contributed by atoms with van der Waals surface area (Å²) in [5.41, 5.74) is 17.5. The third-order valence-corrected chi connectivity index (χ3v) is 7.33. The van der Waals surface area contributed by atoms with Crippen molar-refractivity contribution in [3.05, 3.63) is 53.8 Å². The predicted octanol–water partition coefficient (Wildman–Crippen LogP) is 4.94. The number of benzene rings is 2. The summed E-state index contributed by atoms with van der Waals surface area (Å²) < 4.78 is 7.77. The van der Waals surface area contributed by atoms with Crippen molar-refractivity contribution in [2.24, 2.45) is 12.8 Å². The number of hydrogen-bond donors (Lipinski definition) is 3. The third-order valence-electron chi connectivity index (χ3n) is 7.05. The van der Waals surface area contributed by atoms with Gasteiger partial charge < -0.3 is 31.0 Å². The molecule has 0 amide bonds. The van der Waals surface area contributed by atoms with Gasteiger partial charge in [0, 0.05) is 53.9 Å². The SMILES string of the molecule is COc1cc(N2CC[C@@H](N)C2(C)C)c(N)cc1Nc1ncc(Cl)c(-c2cn(C)c3ccccc23)n1.